The van der Waals surface area contributed by atoms with Crippen molar-refractivity contribution in [2.75, 3.05) is 30.8 Å². The van der Waals surface area contributed by atoms with Gasteiger partial charge in [-0.1, -0.05) is 0 Å². The third-order valence-corrected chi connectivity index (χ3v) is 4.19. The zero-order chi connectivity index (χ0) is 14.5. The van der Waals surface area contributed by atoms with E-state index in [9.17, 15) is 9.59 Å². The van der Waals surface area contributed by atoms with Gasteiger partial charge in [-0.25, -0.2) is 0 Å². The summed E-state index contributed by atoms with van der Waals surface area (Å²) in [6.07, 6.45) is 0.567. The number of carbonyl (C=O) groups excluding carboxylic acids is 2. The number of amides is 2. The van der Waals surface area contributed by atoms with E-state index in [4.69, 9.17) is 5.11 Å². The first kappa shape index (κ1) is 14.9. The predicted molar refractivity (Wildman–Crippen MR) is 79.1 cm³/mol. The Hall–Kier alpha value is -1.53. The number of aliphatic hydroxyl groups excluding tert-OH is 1. The molecule has 0 fully saturated rings. The van der Waals surface area contributed by atoms with E-state index < -0.39 is 0 Å². The van der Waals surface area contributed by atoms with Crippen LogP contribution in [-0.2, 0) is 4.79 Å². The van der Waals surface area contributed by atoms with Gasteiger partial charge in [0.1, 0.15) is 0 Å². The van der Waals surface area contributed by atoms with Crippen LogP contribution in [0.4, 0.5) is 5.69 Å². The molecular weight excluding hydrogens is 276 g/mol. The summed E-state index contributed by atoms with van der Waals surface area (Å²) in [5, 5.41) is 11.6. The molecule has 0 spiro atoms. The summed E-state index contributed by atoms with van der Waals surface area (Å²) in [6.45, 7) is 3.10. The SMILES string of the molecule is CCN(CCCO)C(=O)c1ccc2c(c1)NC(=O)CS2. The number of anilines is 1. The lowest BCUT2D eigenvalue weighted by atomic mass is 10.1. The molecule has 1 heterocycles. The Morgan fingerprint density at radius 2 is 2.30 bits per heavy atom. The van der Waals surface area contributed by atoms with Crippen LogP contribution in [0.3, 0.4) is 0 Å². The molecule has 6 heteroatoms. The number of rotatable bonds is 5. The monoisotopic (exact) mass is 294 g/mol. The molecule has 0 aliphatic carbocycles. The molecular formula is C14H18N2O3S. The minimum atomic E-state index is -0.0754. The molecule has 0 bridgehead atoms. The zero-order valence-corrected chi connectivity index (χ0v) is 12.2. The maximum absolute atomic E-state index is 12.4. The summed E-state index contributed by atoms with van der Waals surface area (Å²) < 4.78 is 0. The molecule has 1 aromatic carbocycles. The van der Waals surface area contributed by atoms with Crippen molar-refractivity contribution in [3.63, 3.8) is 0 Å². The maximum Gasteiger partial charge on any atom is 0.253 e. The quantitative estimate of drug-likeness (QED) is 0.865. The Morgan fingerprint density at radius 3 is 3.00 bits per heavy atom. The molecule has 5 nitrogen and oxygen atoms in total. The van der Waals surface area contributed by atoms with Gasteiger partial charge in [0, 0.05) is 30.2 Å². The van der Waals surface area contributed by atoms with Crippen LogP contribution in [0.5, 0.6) is 0 Å². The van der Waals surface area contributed by atoms with Gasteiger partial charge in [-0.05, 0) is 31.5 Å². The van der Waals surface area contributed by atoms with E-state index in [1.807, 2.05) is 13.0 Å². The standard InChI is InChI=1S/C14H18N2O3S/c1-2-16(6-3-7-17)14(19)10-4-5-12-11(8-10)15-13(18)9-20-12/h4-5,8,17H,2-3,6-7,9H2,1H3,(H,15,18). The first-order chi connectivity index (χ1) is 9.65. The lowest BCUT2D eigenvalue weighted by Gasteiger charge is -2.22. The van der Waals surface area contributed by atoms with Crippen molar-refractivity contribution in [2.24, 2.45) is 0 Å². The molecule has 20 heavy (non-hydrogen) atoms. The van der Waals surface area contributed by atoms with E-state index in [0.717, 1.165) is 4.90 Å². The average molecular weight is 294 g/mol. The molecule has 0 atom stereocenters. The molecule has 0 radical (unpaired) electrons. The highest BCUT2D eigenvalue weighted by Gasteiger charge is 2.19. The molecule has 2 rings (SSSR count). The van der Waals surface area contributed by atoms with Crippen molar-refractivity contribution in [3.05, 3.63) is 23.8 Å². The first-order valence-corrected chi connectivity index (χ1v) is 7.61. The summed E-state index contributed by atoms with van der Waals surface area (Å²) in [4.78, 5) is 26.4. The number of fused-ring (bicyclic) bond motifs is 1. The van der Waals surface area contributed by atoms with Gasteiger partial charge in [-0.15, -0.1) is 11.8 Å². The number of hydrogen-bond donors (Lipinski definition) is 2. The van der Waals surface area contributed by atoms with Gasteiger partial charge in [0.2, 0.25) is 5.91 Å². The van der Waals surface area contributed by atoms with E-state index in [-0.39, 0.29) is 18.4 Å². The maximum atomic E-state index is 12.4. The lowest BCUT2D eigenvalue weighted by molar-refractivity contribution is -0.113. The second-order valence-corrected chi connectivity index (χ2v) is 5.53. The zero-order valence-electron chi connectivity index (χ0n) is 11.4. The van der Waals surface area contributed by atoms with E-state index in [1.54, 1.807) is 17.0 Å². The summed E-state index contributed by atoms with van der Waals surface area (Å²) in [7, 11) is 0. The number of hydrogen-bond acceptors (Lipinski definition) is 4. The topological polar surface area (TPSA) is 69.6 Å². The number of carbonyl (C=O) groups is 2. The second kappa shape index (κ2) is 6.76. The van der Waals surface area contributed by atoms with Crippen molar-refractivity contribution >= 4 is 29.3 Å². The Labute approximate surface area is 122 Å². The van der Waals surface area contributed by atoms with Crippen LogP contribution < -0.4 is 5.32 Å². The average Bonchev–Trinajstić information content (AvgIpc) is 2.47. The third-order valence-electron chi connectivity index (χ3n) is 3.11. The van der Waals surface area contributed by atoms with Crippen LogP contribution in [-0.4, -0.2) is 47.3 Å². The Morgan fingerprint density at radius 1 is 1.50 bits per heavy atom. The minimum Gasteiger partial charge on any atom is -0.396 e. The number of nitrogens with zero attached hydrogens (tertiary/aromatic N) is 1. The van der Waals surface area contributed by atoms with Crippen LogP contribution in [0, 0.1) is 0 Å². The molecule has 2 amide bonds. The van der Waals surface area contributed by atoms with Crippen LogP contribution in [0.2, 0.25) is 0 Å². The highest BCUT2D eigenvalue weighted by molar-refractivity contribution is 8.00. The van der Waals surface area contributed by atoms with Gasteiger partial charge >= 0.3 is 0 Å². The van der Waals surface area contributed by atoms with Crippen molar-refractivity contribution < 1.29 is 14.7 Å². The fourth-order valence-corrected chi connectivity index (χ4v) is 2.85. The highest BCUT2D eigenvalue weighted by Crippen LogP contribution is 2.32. The van der Waals surface area contributed by atoms with Gasteiger partial charge in [0.05, 0.1) is 11.4 Å². The van der Waals surface area contributed by atoms with Crippen molar-refractivity contribution in [1.82, 2.24) is 4.90 Å². The number of nitrogens with one attached hydrogen (secondary N) is 1. The van der Waals surface area contributed by atoms with Crippen LogP contribution >= 0.6 is 11.8 Å². The molecule has 0 saturated heterocycles. The van der Waals surface area contributed by atoms with Crippen molar-refractivity contribution in [1.29, 1.82) is 0 Å². The molecule has 2 N–H and O–H groups in total. The number of aliphatic hydroxyl groups is 1. The fourth-order valence-electron chi connectivity index (χ4n) is 2.06. The molecule has 0 aromatic heterocycles. The minimum absolute atomic E-state index is 0.0419. The van der Waals surface area contributed by atoms with Gasteiger partial charge in [0.25, 0.3) is 5.91 Å². The van der Waals surface area contributed by atoms with E-state index in [0.29, 0.717) is 36.5 Å². The first-order valence-electron chi connectivity index (χ1n) is 6.62. The van der Waals surface area contributed by atoms with Crippen molar-refractivity contribution in [2.45, 2.75) is 18.2 Å². The smallest absolute Gasteiger partial charge is 0.253 e. The summed E-state index contributed by atoms with van der Waals surface area (Å²) in [5.41, 5.74) is 1.27. The van der Waals surface area contributed by atoms with E-state index in [2.05, 4.69) is 5.32 Å². The van der Waals surface area contributed by atoms with E-state index >= 15 is 0 Å². The largest absolute Gasteiger partial charge is 0.396 e. The summed E-state index contributed by atoms with van der Waals surface area (Å²) in [5.74, 6) is 0.297. The molecule has 0 unspecified atom stereocenters. The van der Waals surface area contributed by atoms with Gasteiger partial charge in [0.15, 0.2) is 0 Å². The molecule has 1 aliphatic rings. The second-order valence-electron chi connectivity index (χ2n) is 4.51. The van der Waals surface area contributed by atoms with Crippen molar-refractivity contribution in [3.8, 4) is 0 Å². The lowest BCUT2D eigenvalue weighted by Crippen LogP contribution is -2.32. The molecule has 1 aromatic rings. The highest BCUT2D eigenvalue weighted by atomic mass is 32.2. The normalized spacial score (nSPS) is 13.6. The Kier molecular flexibility index (Phi) is 5.03. The van der Waals surface area contributed by atoms with Gasteiger partial charge in [-0.3, -0.25) is 9.59 Å². The third kappa shape index (κ3) is 3.32. The molecule has 0 saturated carbocycles. The number of benzene rings is 1. The Bertz CT molecular complexity index is 519. The Balaban J connectivity index is 2.17. The van der Waals surface area contributed by atoms with E-state index in [1.165, 1.54) is 11.8 Å². The number of thioether (sulfide) groups is 1. The molecule has 108 valence electrons. The van der Waals surface area contributed by atoms with Crippen LogP contribution in [0.25, 0.3) is 0 Å². The predicted octanol–water partition coefficient (Wildman–Crippen LogP) is 1.58. The fraction of sp³-hybridized carbons (Fsp3) is 0.429. The van der Waals surface area contributed by atoms with Gasteiger partial charge < -0.3 is 15.3 Å². The molecule has 1 aliphatic heterocycles. The van der Waals surface area contributed by atoms with Crippen LogP contribution in [0.15, 0.2) is 23.1 Å². The summed E-state index contributed by atoms with van der Waals surface area (Å²) >= 11 is 1.48. The summed E-state index contributed by atoms with van der Waals surface area (Å²) in [6, 6.07) is 5.38. The van der Waals surface area contributed by atoms with Crippen LogP contribution in [0.1, 0.15) is 23.7 Å². The van der Waals surface area contributed by atoms with Gasteiger partial charge in [-0.2, -0.15) is 0 Å².